The number of esters is 1. The van der Waals surface area contributed by atoms with Gasteiger partial charge in [-0.2, -0.15) is 0 Å². The second kappa shape index (κ2) is 5.94. The summed E-state index contributed by atoms with van der Waals surface area (Å²) in [6, 6.07) is 25.3. The van der Waals surface area contributed by atoms with Crippen LogP contribution in [0, 0.1) is 3.57 Å². The van der Waals surface area contributed by atoms with Crippen LogP contribution in [0.1, 0.15) is 21.5 Å². The number of rotatable bonds is 3. The molecular weight excluding hydrogens is 413 g/mol. The van der Waals surface area contributed by atoms with Crippen LogP contribution in [0.25, 0.3) is 0 Å². The van der Waals surface area contributed by atoms with Crippen molar-refractivity contribution < 1.29 is 9.53 Å². The third-order valence-corrected chi connectivity index (χ3v) is 4.84. The lowest BCUT2D eigenvalue weighted by atomic mass is 9.92. The van der Waals surface area contributed by atoms with Crippen molar-refractivity contribution in [1.29, 1.82) is 0 Å². The summed E-state index contributed by atoms with van der Waals surface area (Å²) < 4.78 is 7.04. The minimum absolute atomic E-state index is 0.313. The summed E-state index contributed by atoms with van der Waals surface area (Å²) in [6.45, 7) is 0. The van der Waals surface area contributed by atoms with E-state index in [9.17, 15) is 4.79 Å². The SMILES string of the molecule is O=C1OC(Nc2ccc(I)cc2)(c2ccccc2)c2ccccc21. The van der Waals surface area contributed by atoms with Crippen LogP contribution in [-0.2, 0) is 10.5 Å². The number of anilines is 1. The fraction of sp³-hybridized carbons (Fsp3) is 0.0500. The van der Waals surface area contributed by atoms with E-state index in [1.54, 1.807) is 6.07 Å². The molecule has 0 amide bonds. The molecule has 3 nitrogen and oxygen atoms in total. The van der Waals surface area contributed by atoms with E-state index in [2.05, 4.69) is 27.9 Å². The van der Waals surface area contributed by atoms with Crippen molar-refractivity contribution in [2.45, 2.75) is 5.72 Å². The van der Waals surface area contributed by atoms with E-state index < -0.39 is 5.72 Å². The van der Waals surface area contributed by atoms with Gasteiger partial charge in [0.1, 0.15) is 0 Å². The molecule has 1 aliphatic rings. The van der Waals surface area contributed by atoms with Crippen molar-refractivity contribution in [3.63, 3.8) is 0 Å². The van der Waals surface area contributed by atoms with E-state index in [4.69, 9.17) is 4.74 Å². The summed E-state index contributed by atoms with van der Waals surface area (Å²) in [5.74, 6) is -0.313. The molecule has 3 aromatic carbocycles. The van der Waals surface area contributed by atoms with E-state index >= 15 is 0 Å². The molecule has 24 heavy (non-hydrogen) atoms. The lowest BCUT2D eigenvalue weighted by Crippen LogP contribution is -2.36. The zero-order valence-electron chi connectivity index (χ0n) is 12.7. The Hall–Kier alpha value is -2.34. The van der Waals surface area contributed by atoms with Crippen LogP contribution in [0.5, 0.6) is 0 Å². The summed E-state index contributed by atoms with van der Waals surface area (Å²) in [6.07, 6.45) is 0. The molecule has 0 radical (unpaired) electrons. The average molecular weight is 427 g/mol. The Bertz CT molecular complexity index is 893. The Kier molecular flexibility index (Phi) is 3.76. The fourth-order valence-corrected chi connectivity index (χ4v) is 3.37. The maximum absolute atomic E-state index is 12.4. The number of carbonyl (C=O) groups excluding carboxylic acids is 1. The lowest BCUT2D eigenvalue weighted by molar-refractivity contribution is 0.0212. The number of ether oxygens (including phenoxy) is 1. The molecule has 1 heterocycles. The topological polar surface area (TPSA) is 38.3 Å². The van der Waals surface area contributed by atoms with Gasteiger partial charge in [0.15, 0.2) is 0 Å². The monoisotopic (exact) mass is 427 g/mol. The number of fused-ring (bicyclic) bond motifs is 1. The minimum Gasteiger partial charge on any atom is -0.427 e. The molecule has 0 aliphatic carbocycles. The maximum atomic E-state index is 12.4. The first-order chi connectivity index (χ1) is 11.7. The quantitative estimate of drug-likeness (QED) is 0.483. The van der Waals surface area contributed by atoms with Gasteiger partial charge in [0.2, 0.25) is 5.72 Å². The molecule has 0 bridgehead atoms. The number of carbonyl (C=O) groups is 1. The predicted molar refractivity (Wildman–Crippen MR) is 102 cm³/mol. The molecule has 118 valence electrons. The van der Waals surface area contributed by atoms with E-state index in [0.717, 1.165) is 20.4 Å². The smallest absolute Gasteiger partial charge is 0.341 e. The molecule has 1 atom stereocenters. The Labute approximate surface area is 153 Å². The first-order valence-electron chi connectivity index (χ1n) is 7.61. The van der Waals surface area contributed by atoms with Gasteiger partial charge in [-0.05, 0) is 52.9 Å². The summed E-state index contributed by atoms with van der Waals surface area (Å²) >= 11 is 2.27. The molecule has 4 rings (SSSR count). The molecule has 4 heteroatoms. The van der Waals surface area contributed by atoms with Crippen molar-refractivity contribution in [3.8, 4) is 0 Å². The predicted octanol–water partition coefficient (Wildman–Crippen LogP) is 4.77. The van der Waals surface area contributed by atoms with Gasteiger partial charge in [-0.15, -0.1) is 0 Å². The highest BCUT2D eigenvalue weighted by Gasteiger charge is 2.47. The van der Waals surface area contributed by atoms with Gasteiger partial charge in [0.25, 0.3) is 0 Å². The molecular formula is C20H14INO2. The van der Waals surface area contributed by atoms with Crippen molar-refractivity contribution in [2.24, 2.45) is 0 Å². The van der Waals surface area contributed by atoms with Gasteiger partial charge in [-0.25, -0.2) is 4.79 Å². The van der Waals surface area contributed by atoms with Crippen molar-refractivity contribution in [1.82, 2.24) is 0 Å². The molecule has 0 saturated carbocycles. The van der Waals surface area contributed by atoms with Crippen LogP contribution in [0.3, 0.4) is 0 Å². The minimum atomic E-state index is -1.01. The Morgan fingerprint density at radius 2 is 1.50 bits per heavy atom. The van der Waals surface area contributed by atoms with Crippen LogP contribution in [0.15, 0.2) is 78.9 Å². The highest BCUT2D eigenvalue weighted by molar-refractivity contribution is 14.1. The molecule has 3 aromatic rings. The van der Waals surface area contributed by atoms with Gasteiger partial charge in [-0.1, -0.05) is 48.5 Å². The normalized spacial score (nSPS) is 18.8. The zero-order chi connectivity index (χ0) is 16.6. The van der Waals surface area contributed by atoms with Crippen molar-refractivity contribution in [2.75, 3.05) is 5.32 Å². The Balaban J connectivity index is 1.89. The third kappa shape index (κ3) is 2.47. The number of halogens is 1. The summed E-state index contributed by atoms with van der Waals surface area (Å²) in [5.41, 5.74) is 2.20. The molecule has 1 N–H and O–H groups in total. The molecule has 1 unspecified atom stereocenters. The fourth-order valence-electron chi connectivity index (χ4n) is 3.01. The van der Waals surface area contributed by atoms with Gasteiger partial charge in [0, 0.05) is 20.4 Å². The van der Waals surface area contributed by atoms with Crippen LogP contribution in [0.4, 0.5) is 5.69 Å². The Morgan fingerprint density at radius 1 is 0.833 bits per heavy atom. The first kappa shape index (κ1) is 15.2. The van der Waals surface area contributed by atoms with E-state index in [0.29, 0.717) is 5.56 Å². The number of benzene rings is 3. The number of nitrogens with one attached hydrogen (secondary N) is 1. The maximum Gasteiger partial charge on any atom is 0.341 e. The van der Waals surface area contributed by atoms with Crippen LogP contribution >= 0.6 is 22.6 Å². The summed E-state index contributed by atoms with van der Waals surface area (Å²) in [4.78, 5) is 12.4. The van der Waals surface area contributed by atoms with Gasteiger partial charge in [-0.3, -0.25) is 0 Å². The summed E-state index contributed by atoms with van der Waals surface area (Å²) in [5, 5.41) is 3.44. The van der Waals surface area contributed by atoms with Crippen molar-refractivity contribution >= 4 is 34.2 Å². The van der Waals surface area contributed by atoms with Crippen LogP contribution in [0.2, 0.25) is 0 Å². The second-order valence-electron chi connectivity index (χ2n) is 5.61. The molecule has 0 aromatic heterocycles. The van der Waals surface area contributed by atoms with Gasteiger partial charge < -0.3 is 10.1 Å². The highest BCUT2D eigenvalue weighted by atomic mass is 127. The Morgan fingerprint density at radius 3 is 2.25 bits per heavy atom. The largest absolute Gasteiger partial charge is 0.427 e. The van der Waals surface area contributed by atoms with E-state index in [-0.39, 0.29) is 5.97 Å². The molecule has 0 spiro atoms. The standard InChI is InChI=1S/C20H14INO2/c21-15-10-12-16(13-11-15)22-20(14-6-2-1-3-7-14)18-9-5-4-8-17(18)19(23)24-20/h1-13,22H. The number of cyclic esters (lactones) is 1. The number of hydrogen-bond acceptors (Lipinski definition) is 3. The number of hydrogen-bond donors (Lipinski definition) is 1. The van der Waals surface area contributed by atoms with E-state index in [1.807, 2.05) is 72.8 Å². The summed E-state index contributed by atoms with van der Waals surface area (Å²) in [7, 11) is 0. The molecule has 1 aliphatic heterocycles. The van der Waals surface area contributed by atoms with Gasteiger partial charge in [0.05, 0.1) is 5.56 Å². The van der Waals surface area contributed by atoms with Crippen molar-refractivity contribution in [3.05, 3.63) is 99.1 Å². The van der Waals surface area contributed by atoms with Crippen LogP contribution < -0.4 is 5.32 Å². The lowest BCUT2D eigenvalue weighted by Gasteiger charge is -2.31. The third-order valence-electron chi connectivity index (χ3n) is 4.12. The van der Waals surface area contributed by atoms with E-state index in [1.165, 1.54) is 0 Å². The molecule has 0 saturated heterocycles. The molecule has 0 fully saturated rings. The van der Waals surface area contributed by atoms with Gasteiger partial charge >= 0.3 is 5.97 Å². The van der Waals surface area contributed by atoms with Crippen LogP contribution in [-0.4, -0.2) is 5.97 Å². The average Bonchev–Trinajstić information content (AvgIpc) is 2.91. The highest BCUT2D eigenvalue weighted by Crippen LogP contribution is 2.42. The zero-order valence-corrected chi connectivity index (χ0v) is 14.9. The first-order valence-corrected chi connectivity index (χ1v) is 8.69. The second-order valence-corrected chi connectivity index (χ2v) is 6.86.